The van der Waals surface area contributed by atoms with Gasteiger partial charge in [-0.25, -0.2) is 4.39 Å². The lowest BCUT2D eigenvalue weighted by molar-refractivity contribution is -0.159. The standard InChI is InChI=1S/C19H19FN2O3/c20-15-6-8-16(9-7-15)21-18(23)12-17-19(24)25-11-10-22(17)13-14-4-2-1-3-5-14/h1-9,17H,10-13H2,(H,21,23)/t17-/m1/s1. The highest BCUT2D eigenvalue weighted by Crippen LogP contribution is 2.17. The molecule has 0 spiro atoms. The van der Waals surface area contributed by atoms with Gasteiger partial charge in [0.2, 0.25) is 5.91 Å². The summed E-state index contributed by atoms with van der Waals surface area (Å²) < 4.78 is 18.0. The highest BCUT2D eigenvalue weighted by molar-refractivity contribution is 5.94. The molecule has 1 aliphatic heterocycles. The van der Waals surface area contributed by atoms with Crippen molar-refractivity contribution in [2.45, 2.75) is 19.0 Å². The molecule has 1 N–H and O–H groups in total. The van der Waals surface area contributed by atoms with Crippen LogP contribution >= 0.6 is 0 Å². The number of hydrogen-bond acceptors (Lipinski definition) is 4. The van der Waals surface area contributed by atoms with Crippen molar-refractivity contribution in [1.29, 1.82) is 0 Å². The molecule has 0 bridgehead atoms. The Bertz CT molecular complexity index is 734. The Labute approximate surface area is 145 Å². The summed E-state index contributed by atoms with van der Waals surface area (Å²) in [6.07, 6.45) is -0.0109. The van der Waals surface area contributed by atoms with Crippen LogP contribution in [0.2, 0.25) is 0 Å². The van der Waals surface area contributed by atoms with Crippen LogP contribution in [0.4, 0.5) is 10.1 Å². The molecular formula is C19H19FN2O3. The molecule has 2 aromatic rings. The van der Waals surface area contributed by atoms with E-state index in [4.69, 9.17) is 4.74 Å². The molecule has 5 nitrogen and oxygen atoms in total. The lowest BCUT2D eigenvalue weighted by atomic mass is 10.1. The largest absolute Gasteiger partial charge is 0.463 e. The van der Waals surface area contributed by atoms with Crippen molar-refractivity contribution >= 4 is 17.6 Å². The van der Waals surface area contributed by atoms with Crippen molar-refractivity contribution in [3.63, 3.8) is 0 Å². The van der Waals surface area contributed by atoms with Gasteiger partial charge < -0.3 is 10.1 Å². The van der Waals surface area contributed by atoms with E-state index in [1.54, 1.807) is 0 Å². The number of nitrogens with one attached hydrogen (secondary N) is 1. The van der Waals surface area contributed by atoms with Crippen molar-refractivity contribution in [1.82, 2.24) is 4.90 Å². The van der Waals surface area contributed by atoms with Crippen molar-refractivity contribution in [2.75, 3.05) is 18.5 Å². The van der Waals surface area contributed by atoms with Gasteiger partial charge in [0.25, 0.3) is 0 Å². The number of nitrogens with zero attached hydrogens (tertiary/aromatic N) is 1. The summed E-state index contributed by atoms with van der Waals surface area (Å²) in [7, 11) is 0. The van der Waals surface area contributed by atoms with Crippen LogP contribution in [-0.2, 0) is 20.9 Å². The van der Waals surface area contributed by atoms with Crippen LogP contribution in [0.1, 0.15) is 12.0 Å². The molecule has 1 fully saturated rings. The molecule has 0 aromatic heterocycles. The van der Waals surface area contributed by atoms with Crippen LogP contribution in [0.3, 0.4) is 0 Å². The Kier molecular flexibility index (Phi) is 5.40. The Morgan fingerprint density at radius 2 is 1.88 bits per heavy atom. The zero-order chi connectivity index (χ0) is 17.6. The minimum atomic E-state index is -0.630. The number of ether oxygens (including phenoxy) is 1. The fourth-order valence-corrected chi connectivity index (χ4v) is 2.81. The van der Waals surface area contributed by atoms with Crippen molar-refractivity contribution in [3.8, 4) is 0 Å². The average Bonchev–Trinajstić information content (AvgIpc) is 2.61. The Balaban J connectivity index is 1.65. The molecule has 2 aromatic carbocycles. The van der Waals surface area contributed by atoms with Gasteiger partial charge in [-0.3, -0.25) is 14.5 Å². The number of carbonyl (C=O) groups is 2. The zero-order valence-electron chi connectivity index (χ0n) is 13.7. The van der Waals surface area contributed by atoms with Crippen LogP contribution in [0.25, 0.3) is 0 Å². The first-order valence-corrected chi connectivity index (χ1v) is 8.12. The molecule has 0 unspecified atom stereocenters. The molecule has 1 saturated heterocycles. The maximum absolute atomic E-state index is 12.9. The minimum absolute atomic E-state index is 0.0109. The molecule has 25 heavy (non-hydrogen) atoms. The summed E-state index contributed by atoms with van der Waals surface area (Å²) in [4.78, 5) is 26.4. The summed E-state index contributed by atoms with van der Waals surface area (Å²) in [6, 6.07) is 14.6. The van der Waals surface area contributed by atoms with Gasteiger partial charge in [-0.05, 0) is 29.8 Å². The molecule has 130 valence electrons. The smallest absolute Gasteiger partial charge is 0.323 e. The van der Waals surface area contributed by atoms with E-state index in [-0.39, 0.29) is 18.1 Å². The fraction of sp³-hybridized carbons (Fsp3) is 0.263. The fourth-order valence-electron chi connectivity index (χ4n) is 2.81. The number of morpholine rings is 1. The topological polar surface area (TPSA) is 58.6 Å². The minimum Gasteiger partial charge on any atom is -0.463 e. The summed E-state index contributed by atoms with van der Waals surface area (Å²) in [5.74, 6) is -1.08. The van der Waals surface area contributed by atoms with Gasteiger partial charge >= 0.3 is 5.97 Å². The van der Waals surface area contributed by atoms with E-state index in [0.29, 0.717) is 25.4 Å². The maximum Gasteiger partial charge on any atom is 0.323 e. The number of halogens is 1. The summed E-state index contributed by atoms with van der Waals surface area (Å²) in [6.45, 7) is 1.47. The number of cyclic esters (lactones) is 1. The number of rotatable bonds is 5. The summed E-state index contributed by atoms with van der Waals surface area (Å²) in [5.41, 5.74) is 1.56. The van der Waals surface area contributed by atoms with Gasteiger partial charge in [0.15, 0.2) is 0 Å². The third-order valence-corrected chi connectivity index (χ3v) is 4.07. The first-order chi connectivity index (χ1) is 12.1. The maximum atomic E-state index is 12.9. The monoisotopic (exact) mass is 342 g/mol. The number of hydrogen-bond donors (Lipinski definition) is 1. The molecular weight excluding hydrogens is 323 g/mol. The van der Waals surface area contributed by atoms with E-state index in [1.807, 2.05) is 35.2 Å². The predicted molar refractivity (Wildman–Crippen MR) is 91.2 cm³/mol. The van der Waals surface area contributed by atoms with Crippen molar-refractivity contribution in [3.05, 3.63) is 66.0 Å². The third kappa shape index (κ3) is 4.64. The van der Waals surface area contributed by atoms with Crippen LogP contribution in [0.5, 0.6) is 0 Å². The molecule has 1 atom stereocenters. The van der Waals surface area contributed by atoms with E-state index in [1.165, 1.54) is 24.3 Å². The van der Waals surface area contributed by atoms with Crippen LogP contribution in [0.15, 0.2) is 54.6 Å². The Morgan fingerprint density at radius 3 is 2.60 bits per heavy atom. The highest BCUT2D eigenvalue weighted by atomic mass is 19.1. The molecule has 1 aliphatic rings. The lowest BCUT2D eigenvalue weighted by Crippen LogP contribution is -2.49. The first-order valence-electron chi connectivity index (χ1n) is 8.12. The van der Waals surface area contributed by atoms with Gasteiger partial charge in [-0.1, -0.05) is 30.3 Å². The second-order valence-electron chi connectivity index (χ2n) is 5.90. The van der Waals surface area contributed by atoms with Gasteiger partial charge in [-0.2, -0.15) is 0 Å². The van der Waals surface area contributed by atoms with Crippen LogP contribution in [-0.4, -0.2) is 36.0 Å². The highest BCUT2D eigenvalue weighted by Gasteiger charge is 2.33. The normalized spacial score (nSPS) is 17.8. The van der Waals surface area contributed by atoms with Crippen LogP contribution < -0.4 is 5.32 Å². The van der Waals surface area contributed by atoms with E-state index < -0.39 is 12.0 Å². The van der Waals surface area contributed by atoms with E-state index in [9.17, 15) is 14.0 Å². The molecule has 0 aliphatic carbocycles. The lowest BCUT2D eigenvalue weighted by Gasteiger charge is -2.33. The van der Waals surface area contributed by atoms with Crippen molar-refractivity contribution < 1.29 is 18.7 Å². The quantitative estimate of drug-likeness (QED) is 0.849. The molecule has 1 amide bonds. The molecule has 0 saturated carbocycles. The van der Waals surface area contributed by atoms with Gasteiger partial charge in [0, 0.05) is 18.8 Å². The second kappa shape index (κ2) is 7.90. The molecule has 0 radical (unpaired) electrons. The molecule has 3 rings (SSSR count). The number of carbonyl (C=O) groups excluding carboxylic acids is 2. The van der Waals surface area contributed by atoms with Crippen molar-refractivity contribution in [2.24, 2.45) is 0 Å². The van der Waals surface area contributed by atoms with Gasteiger partial charge in [0.05, 0.1) is 6.42 Å². The Hall–Kier alpha value is -2.73. The number of amides is 1. The number of anilines is 1. The SMILES string of the molecule is O=C(C[C@@H]1C(=O)OCCN1Cc1ccccc1)Nc1ccc(F)cc1. The zero-order valence-corrected chi connectivity index (χ0v) is 13.7. The predicted octanol–water partition coefficient (Wildman–Crippen LogP) is 2.58. The summed E-state index contributed by atoms with van der Waals surface area (Å²) >= 11 is 0. The van der Waals surface area contributed by atoms with Crippen LogP contribution in [0, 0.1) is 5.82 Å². The number of esters is 1. The second-order valence-corrected chi connectivity index (χ2v) is 5.90. The van der Waals surface area contributed by atoms with Gasteiger partial charge in [-0.15, -0.1) is 0 Å². The Morgan fingerprint density at radius 1 is 1.16 bits per heavy atom. The summed E-state index contributed by atoms with van der Waals surface area (Å²) in [5, 5.41) is 2.68. The van der Waals surface area contributed by atoms with E-state index in [2.05, 4.69) is 5.32 Å². The third-order valence-electron chi connectivity index (χ3n) is 4.07. The molecule has 6 heteroatoms. The average molecular weight is 342 g/mol. The molecule has 1 heterocycles. The first kappa shape index (κ1) is 17.1. The van der Waals surface area contributed by atoms with E-state index in [0.717, 1.165) is 5.56 Å². The number of benzene rings is 2. The van der Waals surface area contributed by atoms with E-state index >= 15 is 0 Å². The van der Waals surface area contributed by atoms with Gasteiger partial charge in [0.1, 0.15) is 18.5 Å².